The van der Waals surface area contributed by atoms with E-state index in [1.807, 2.05) is 20.8 Å². The molecule has 2 rings (SSSR count). The fraction of sp³-hybridized carbons (Fsp3) is 0.909. The van der Waals surface area contributed by atoms with Crippen molar-refractivity contribution in [3.05, 3.63) is 0 Å². The lowest BCUT2D eigenvalue weighted by Gasteiger charge is -2.48. The molecule has 1 heterocycles. The van der Waals surface area contributed by atoms with Crippen LogP contribution in [0.2, 0.25) is 0 Å². The summed E-state index contributed by atoms with van der Waals surface area (Å²) >= 11 is 0. The smallest absolute Gasteiger partial charge is 0.424 e. The number of hydrazine groups is 1. The van der Waals surface area contributed by atoms with Crippen LogP contribution in [0.4, 0.5) is 4.79 Å². The molecule has 0 unspecified atom stereocenters. The first-order valence-corrected chi connectivity index (χ1v) is 5.69. The Kier molecular flexibility index (Phi) is 2.41. The first-order chi connectivity index (χ1) is 6.90. The summed E-state index contributed by atoms with van der Waals surface area (Å²) in [6, 6.07) is 0. The lowest BCUT2D eigenvalue weighted by Crippen LogP contribution is -2.72. The van der Waals surface area contributed by atoms with Gasteiger partial charge in [-0.05, 0) is 33.6 Å². The zero-order valence-electron chi connectivity index (χ0n) is 9.80. The van der Waals surface area contributed by atoms with Crippen molar-refractivity contribution in [2.24, 2.45) is 0 Å². The predicted octanol–water partition coefficient (Wildman–Crippen LogP) is 2.05. The van der Waals surface area contributed by atoms with Crippen LogP contribution in [0.3, 0.4) is 0 Å². The molecule has 1 N–H and O–H groups in total. The molecule has 0 aromatic carbocycles. The normalized spacial score (nSPS) is 24.1. The van der Waals surface area contributed by atoms with Gasteiger partial charge in [-0.1, -0.05) is 12.8 Å². The van der Waals surface area contributed by atoms with Gasteiger partial charge in [0.2, 0.25) is 0 Å². The molecule has 1 amide bonds. The molecule has 2 fully saturated rings. The standard InChI is InChI=1S/C11H20N2O2/c1-10(2,3)15-9(14)13-8-11(12-13)6-4-5-7-11/h12H,4-8H2,1-3H3. The Balaban J connectivity index is 1.81. The van der Waals surface area contributed by atoms with Crippen LogP contribution in [-0.4, -0.2) is 28.8 Å². The van der Waals surface area contributed by atoms with Gasteiger partial charge >= 0.3 is 6.09 Å². The van der Waals surface area contributed by atoms with E-state index in [0.29, 0.717) is 0 Å². The van der Waals surface area contributed by atoms with Crippen molar-refractivity contribution in [2.45, 2.75) is 57.6 Å². The maximum absolute atomic E-state index is 11.6. The highest BCUT2D eigenvalue weighted by Gasteiger charge is 2.47. The number of carbonyl (C=O) groups is 1. The highest BCUT2D eigenvalue weighted by atomic mass is 16.6. The second kappa shape index (κ2) is 3.37. The van der Waals surface area contributed by atoms with Gasteiger partial charge in [-0.3, -0.25) is 0 Å². The molecule has 1 saturated heterocycles. The summed E-state index contributed by atoms with van der Waals surface area (Å²) in [5.74, 6) is 0. The first-order valence-electron chi connectivity index (χ1n) is 5.69. The maximum atomic E-state index is 11.6. The summed E-state index contributed by atoms with van der Waals surface area (Å²) in [4.78, 5) is 11.6. The molecule has 1 spiro atoms. The van der Waals surface area contributed by atoms with Crippen LogP contribution < -0.4 is 5.43 Å². The highest BCUT2D eigenvalue weighted by Crippen LogP contribution is 2.35. The van der Waals surface area contributed by atoms with Crippen molar-refractivity contribution in [3.8, 4) is 0 Å². The molecule has 2 aliphatic rings. The molecular formula is C11H20N2O2. The van der Waals surface area contributed by atoms with Gasteiger partial charge in [-0.2, -0.15) is 0 Å². The van der Waals surface area contributed by atoms with Crippen molar-refractivity contribution >= 4 is 6.09 Å². The minimum Gasteiger partial charge on any atom is -0.443 e. The zero-order chi connectivity index (χ0) is 11.1. The van der Waals surface area contributed by atoms with E-state index < -0.39 is 5.60 Å². The Bertz CT molecular complexity index is 256. The number of rotatable bonds is 0. The molecule has 1 aliphatic heterocycles. The van der Waals surface area contributed by atoms with Gasteiger partial charge in [0.15, 0.2) is 0 Å². The fourth-order valence-electron chi connectivity index (χ4n) is 2.32. The summed E-state index contributed by atoms with van der Waals surface area (Å²) in [7, 11) is 0. The van der Waals surface area contributed by atoms with Crippen LogP contribution in [0.1, 0.15) is 46.5 Å². The molecule has 0 bridgehead atoms. The number of ether oxygens (including phenoxy) is 1. The molecule has 4 heteroatoms. The van der Waals surface area contributed by atoms with Crippen molar-refractivity contribution < 1.29 is 9.53 Å². The lowest BCUT2D eigenvalue weighted by molar-refractivity contribution is -0.0527. The largest absolute Gasteiger partial charge is 0.443 e. The van der Waals surface area contributed by atoms with E-state index in [-0.39, 0.29) is 11.6 Å². The average Bonchev–Trinajstić information content (AvgIpc) is 2.44. The minimum atomic E-state index is -0.406. The van der Waals surface area contributed by atoms with Crippen LogP contribution in [0, 0.1) is 0 Å². The number of hydrogen-bond acceptors (Lipinski definition) is 3. The monoisotopic (exact) mass is 212 g/mol. The summed E-state index contributed by atoms with van der Waals surface area (Å²) in [6.07, 6.45) is 4.67. The van der Waals surface area contributed by atoms with E-state index in [4.69, 9.17) is 4.74 Å². The Labute approximate surface area is 90.9 Å². The summed E-state index contributed by atoms with van der Waals surface area (Å²) < 4.78 is 5.27. The van der Waals surface area contributed by atoms with E-state index in [2.05, 4.69) is 5.43 Å². The van der Waals surface area contributed by atoms with Gasteiger partial charge in [0.25, 0.3) is 0 Å². The van der Waals surface area contributed by atoms with E-state index in [1.165, 1.54) is 25.7 Å². The Morgan fingerprint density at radius 3 is 2.33 bits per heavy atom. The van der Waals surface area contributed by atoms with Crippen LogP contribution in [0.5, 0.6) is 0 Å². The minimum absolute atomic E-state index is 0.219. The number of nitrogens with zero attached hydrogens (tertiary/aromatic N) is 1. The van der Waals surface area contributed by atoms with Crippen LogP contribution in [-0.2, 0) is 4.74 Å². The molecule has 1 saturated carbocycles. The molecule has 0 radical (unpaired) electrons. The Morgan fingerprint density at radius 1 is 1.33 bits per heavy atom. The lowest BCUT2D eigenvalue weighted by atomic mass is 9.94. The maximum Gasteiger partial charge on any atom is 0.424 e. The van der Waals surface area contributed by atoms with Gasteiger partial charge in [-0.15, -0.1) is 0 Å². The van der Waals surface area contributed by atoms with Gasteiger partial charge < -0.3 is 4.74 Å². The third-order valence-electron chi connectivity index (χ3n) is 3.01. The van der Waals surface area contributed by atoms with Crippen LogP contribution in [0.25, 0.3) is 0 Å². The topological polar surface area (TPSA) is 41.6 Å². The van der Waals surface area contributed by atoms with Crippen LogP contribution >= 0.6 is 0 Å². The summed E-state index contributed by atoms with van der Waals surface area (Å²) in [6.45, 7) is 6.46. The van der Waals surface area contributed by atoms with Crippen LogP contribution in [0.15, 0.2) is 0 Å². The molecule has 0 atom stereocenters. The highest BCUT2D eigenvalue weighted by molar-refractivity contribution is 5.68. The van der Waals surface area contributed by atoms with Crippen molar-refractivity contribution in [3.63, 3.8) is 0 Å². The second-order valence-corrected chi connectivity index (χ2v) is 5.67. The van der Waals surface area contributed by atoms with Crippen molar-refractivity contribution in [1.82, 2.24) is 10.4 Å². The SMILES string of the molecule is CC(C)(C)OC(=O)N1CC2(CCCC2)N1. The molecule has 1 aliphatic carbocycles. The molecule has 0 aromatic rings. The van der Waals surface area contributed by atoms with Gasteiger partial charge in [0.1, 0.15) is 5.60 Å². The van der Waals surface area contributed by atoms with E-state index in [1.54, 1.807) is 5.01 Å². The third kappa shape index (κ3) is 2.25. The van der Waals surface area contributed by atoms with E-state index >= 15 is 0 Å². The number of hydrogen-bond donors (Lipinski definition) is 1. The molecule has 86 valence electrons. The zero-order valence-corrected chi connectivity index (χ0v) is 9.80. The number of carbonyl (C=O) groups excluding carboxylic acids is 1. The second-order valence-electron chi connectivity index (χ2n) is 5.67. The number of nitrogens with one attached hydrogen (secondary N) is 1. The summed E-state index contributed by atoms with van der Waals surface area (Å²) in [5.41, 5.74) is 3.05. The quantitative estimate of drug-likeness (QED) is 0.668. The first kappa shape index (κ1) is 10.7. The van der Waals surface area contributed by atoms with E-state index in [0.717, 1.165) is 6.54 Å². The molecule has 0 aromatic heterocycles. The fourth-order valence-corrected chi connectivity index (χ4v) is 2.32. The molecule has 15 heavy (non-hydrogen) atoms. The van der Waals surface area contributed by atoms with Gasteiger partial charge in [-0.25, -0.2) is 15.2 Å². The Morgan fingerprint density at radius 2 is 1.87 bits per heavy atom. The third-order valence-corrected chi connectivity index (χ3v) is 3.01. The molecular weight excluding hydrogens is 192 g/mol. The Hall–Kier alpha value is -0.770. The molecule has 4 nitrogen and oxygen atoms in total. The van der Waals surface area contributed by atoms with E-state index in [9.17, 15) is 4.79 Å². The summed E-state index contributed by atoms with van der Waals surface area (Å²) in [5, 5.41) is 1.59. The van der Waals surface area contributed by atoms with Crippen molar-refractivity contribution in [2.75, 3.05) is 6.54 Å². The van der Waals surface area contributed by atoms with Crippen molar-refractivity contribution in [1.29, 1.82) is 0 Å². The van der Waals surface area contributed by atoms with Gasteiger partial charge in [0.05, 0.1) is 12.1 Å². The predicted molar refractivity (Wildman–Crippen MR) is 57.3 cm³/mol. The van der Waals surface area contributed by atoms with Gasteiger partial charge in [0, 0.05) is 0 Å². The number of amides is 1. The average molecular weight is 212 g/mol.